The van der Waals surface area contributed by atoms with Gasteiger partial charge in [0.1, 0.15) is 17.6 Å². The van der Waals surface area contributed by atoms with Crippen molar-refractivity contribution in [1.29, 1.82) is 21.2 Å². The highest BCUT2D eigenvalue weighted by Gasteiger charge is 2.78. The number of nitriles is 3. The lowest BCUT2D eigenvalue weighted by molar-refractivity contribution is -0.269. The van der Waals surface area contributed by atoms with E-state index in [0.717, 1.165) is 0 Å². The van der Waals surface area contributed by atoms with Crippen LogP contribution in [-0.4, -0.2) is 25.9 Å². The van der Waals surface area contributed by atoms with Gasteiger partial charge in [-0.25, -0.2) is 0 Å². The Labute approximate surface area is 156 Å². The Balaban J connectivity index is 2.36. The molecule has 0 radical (unpaired) electrons. The van der Waals surface area contributed by atoms with Crippen molar-refractivity contribution in [3.05, 3.63) is 23.8 Å². The molecule has 2 heterocycles. The van der Waals surface area contributed by atoms with Crippen molar-refractivity contribution in [3.63, 3.8) is 0 Å². The lowest BCUT2D eigenvalue weighted by atomic mass is 9.54. The first-order valence-electron chi connectivity index (χ1n) is 8.21. The Morgan fingerprint density at radius 2 is 1.78 bits per heavy atom. The fourth-order valence-corrected chi connectivity index (χ4v) is 4.03. The Hall–Kier alpha value is -3.28. The molecule has 0 spiro atoms. The number of benzene rings is 1. The molecule has 2 bridgehead atoms. The third kappa shape index (κ3) is 2.01. The summed E-state index contributed by atoms with van der Waals surface area (Å²) in [5, 5.41) is 38.5. The first kappa shape index (κ1) is 18.5. The van der Waals surface area contributed by atoms with Crippen LogP contribution in [0.15, 0.2) is 18.2 Å². The Kier molecular flexibility index (Phi) is 4.03. The predicted octanol–water partition coefficient (Wildman–Crippen LogP) is 2.68. The Bertz CT molecular complexity index is 926. The van der Waals surface area contributed by atoms with Crippen LogP contribution in [0, 0.1) is 56.2 Å². The number of nitrogens with zero attached hydrogens (tertiary/aromatic N) is 3. The molecule has 0 aromatic heterocycles. The van der Waals surface area contributed by atoms with Gasteiger partial charge in [-0.15, -0.1) is 0 Å². The number of nitrogens with one attached hydrogen (secondary N) is 1. The average molecular weight is 366 g/mol. The first-order valence-corrected chi connectivity index (χ1v) is 8.21. The van der Waals surface area contributed by atoms with E-state index >= 15 is 0 Å². The maximum atomic E-state index is 10.1. The number of fused-ring (bicyclic) bond motifs is 2. The van der Waals surface area contributed by atoms with Gasteiger partial charge in [-0.1, -0.05) is 6.92 Å². The van der Waals surface area contributed by atoms with Crippen molar-refractivity contribution in [2.75, 3.05) is 14.2 Å². The number of methoxy groups -OCH3 is 2. The lowest BCUT2D eigenvalue weighted by Crippen LogP contribution is -2.57. The zero-order chi connectivity index (χ0) is 20.0. The van der Waals surface area contributed by atoms with Gasteiger partial charge in [0, 0.05) is 12.5 Å². The van der Waals surface area contributed by atoms with Crippen molar-refractivity contribution in [2.45, 2.75) is 25.7 Å². The monoisotopic (exact) mass is 366 g/mol. The van der Waals surface area contributed by atoms with Crippen LogP contribution in [0.1, 0.15) is 25.5 Å². The fraction of sp³-hybridized carbons (Fsp3) is 0.474. The normalized spacial score (nSPS) is 33.1. The molecular weight excluding hydrogens is 348 g/mol. The molecule has 1 N–H and O–H groups in total. The van der Waals surface area contributed by atoms with Crippen LogP contribution in [-0.2, 0) is 9.47 Å². The van der Waals surface area contributed by atoms with Crippen LogP contribution in [0.2, 0.25) is 0 Å². The van der Waals surface area contributed by atoms with Gasteiger partial charge in [-0.05, 0) is 18.2 Å². The predicted molar refractivity (Wildman–Crippen MR) is 91.5 cm³/mol. The van der Waals surface area contributed by atoms with Gasteiger partial charge in [0.25, 0.3) is 0 Å². The van der Waals surface area contributed by atoms with E-state index in [1.807, 2.05) is 18.2 Å². The maximum absolute atomic E-state index is 10.1. The van der Waals surface area contributed by atoms with Gasteiger partial charge in [-0.2, -0.15) is 15.8 Å². The molecule has 2 fully saturated rings. The van der Waals surface area contributed by atoms with Crippen LogP contribution < -0.4 is 9.47 Å². The molecule has 0 saturated carbocycles. The molecule has 27 heavy (non-hydrogen) atoms. The number of rotatable bonds is 3. The molecule has 8 heteroatoms. The van der Waals surface area contributed by atoms with Gasteiger partial charge in [0.05, 0.1) is 38.3 Å². The summed E-state index contributed by atoms with van der Waals surface area (Å²) in [4.78, 5) is 0. The molecule has 0 aliphatic carbocycles. The molecule has 2 aliphatic heterocycles. The van der Waals surface area contributed by atoms with Crippen LogP contribution in [0.3, 0.4) is 0 Å². The van der Waals surface area contributed by atoms with E-state index in [-0.39, 0.29) is 0 Å². The molecule has 1 aromatic carbocycles. The highest BCUT2D eigenvalue weighted by molar-refractivity contribution is 5.89. The number of hydrogen-bond donors (Lipinski definition) is 1. The largest absolute Gasteiger partial charge is 0.497 e. The molecule has 3 rings (SSSR count). The SMILES string of the molecule is COc1ccc(OC)c([C@H]2O[C@@]3(C)OC(=N)[C@@](C#N)([C@@H]3C)C2(C#N)C#N)c1. The summed E-state index contributed by atoms with van der Waals surface area (Å²) in [5.74, 6) is -1.66. The Morgan fingerprint density at radius 3 is 2.30 bits per heavy atom. The minimum absolute atomic E-state index is 0.368. The second-order valence-electron chi connectivity index (χ2n) is 6.73. The van der Waals surface area contributed by atoms with Gasteiger partial charge in [-0.3, -0.25) is 5.41 Å². The summed E-state index contributed by atoms with van der Waals surface area (Å²) in [6, 6.07) is 10.9. The van der Waals surface area contributed by atoms with Crippen LogP contribution >= 0.6 is 0 Å². The van der Waals surface area contributed by atoms with E-state index in [2.05, 4.69) is 0 Å². The van der Waals surface area contributed by atoms with Crippen molar-refractivity contribution in [2.24, 2.45) is 16.7 Å². The maximum Gasteiger partial charge on any atom is 0.214 e. The zero-order valence-corrected chi connectivity index (χ0v) is 15.4. The van der Waals surface area contributed by atoms with E-state index in [1.165, 1.54) is 14.2 Å². The van der Waals surface area contributed by atoms with Gasteiger partial charge in [0.2, 0.25) is 17.1 Å². The second kappa shape index (κ2) is 5.87. The Morgan fingerprint density at radius 1 is 1.11 bits per heavy atom. The minimum atomic E-state index is -2.02. The quantitative estimate of drug-likeness (QED) is 0.869. The molecule has 1 aromatic rings. The number of ether oxygens (including phenoxy) is 4. The molecule has 2 saturated heterocycles. The lowest BCUT2D eigenvalue weighted by Gasteiger charge is -2.47. The highest BCUT2D eigenvalue weighted by Crippen LogP contribution is 2.66. The van der Waals surface area contributed by atoms with Gasteiger partial charge < -0.3 is 18.9 Å². The van der Waals surface area contributed by atoms with Crippen molar-refractivity contribution >= 4 is 5.90 Å². The molecule has 8 nitrogen and oxygen atoms in total. The van der Waals surface area contributed by atoms with E-state index in [9.17, 15) is 15.8 Å². The third-order valence-electron chi connectivity index (χ3n) is 5.71. The van der Waals surface area contributed by atoms with Crippen molar-refractivity contribution in [1.82, 2.24) is 0 Å². The minimum Gasteiger partial charge on any atom is -0.497 e. The summed E-state index contributed by atoms with van der Waals surface area (Å²) >= 11 is 0. The van der Waals surface area contributed by atoms with E-state index in [1.54, 1.807) is 32.0 Å². The van der Waals surface area contributed by atoms with Crippen LogP contribution in [0.5, 0.6) is 11.5 Å². The van der Waals surface area contributed by atoms with E-state index in [4.69, 9.17) is 24.4 Å². The summed E-state index contributed by atoms with van der Waals surface area (Å²) in [6.45, 7) is 3.25. The summed E-state index contributed by atoms with van der Waals surface area (Å²) in [6.07, 6.45) is -1.19. The molecule has 2 aliphatic rings. The van der Waals surface area contributed by atoms with E-state index < -0.39 is 34.5 Å². The zero-order valence-electron chi connectivity index (χ0n) is 15.4. The molecule has 4 atom stereocenters. The van der Waals surface area contributed by atoms with Crippen LogP contribution in [0.25, 0.3) is 0 Å². The fourth-order valence-electron chi connectivity index (χ4n) is 4.03. The molecule has 0 unspecified atom stereocenters. The average Bonchev–Trinajstić information content (AvgIpc) is 2.82. The van der Waals surface area contributed by atoms with E-state index in [0.29, 0.717) is 17.1 Å². The molecule has 0 amide bonds. The molecular formula is C19H18N4O4. The van der Waals surface area contributed by atoms with Crippen molar-refractivity contribution in [3.8, 4) is 29.7 Å². The van der Waals surface area contributed by atoms with Gasteiger partial charge >= 0.3 is 0 Å². The third-order valence-corrected chi connectivity index (χ3v) is 5.71. The van der Waals surface area contributed by atoms with Crippen LogP contribution in [0.4, 0.5) is 0 Å². The first-order chi connectivity index (χ1) is 12.8. The summed E-state index contributed by atoms with van der Waals surface area (Å²) < 4.78 is 22.3. The van der Waals surface area contributed by atoms with Gasteiger partial charge in [0.15, 0.2) is 5.41 Å². The highest BCUT2D eigenvalue weighted by atomic mass is 16.7. The smallest absolute Gasteiger partial charge is 0.214 e. The summed E-state index contributed by atoms with van der Waals surface area (Å²) in [5.41, 5.74) is -3.44. The standard InChI is InChI=1S/C19H18N4O4/c1-11-17(2)26-15(13-7-12(24-3)5-6-14(13)25-4)18(8-20,9-21)19(11,10-22)16(23)27-17/h5-7,11,15,23H,1-4H3/t11-,15-,17+,19-/m1/s1. The molecule has 138 valence electrons. The topological polar surface area (TPSA) is 132 Å². The second-order valence-corrected chi connectivity index (χ2v) is 6.73. The van der Waals surface area contributed by atoms with Crippen molar-refractivity contribution < 1.29 is 18.9 Å². The summed E-state index contributed by atoms with van der Waals surface area (Å²) in [7, 11) is 2.93. The number of hydrogen-bond acceptors (Lipinski definition) is 8.